The van der Waals surface area contributed by atoms with E-state index in [4.69, 9.17) is 0 Å². The van der Waals surface area contributed by atoms with E-state index < -0.39 is 0 Å². The van der Waals surface area contributed by atoms with Crippen molar-refractivity contribution in [1.82, 2.24) is 14.9 Å². The third-order valence-corrected chi connectivity index (χ3v) is 3.50. The molecular formula is C15H27N5. The summed E-state index contributed by atoms with van der Waals surface area (Å²) in [6, 6.07) is 2.08. The minimum absolute atomic E-state index is 0.739. The smallest absolute Gasteiger partial charge is 0.224 e. The number of hydrogen-bond acceptors (Lipinski definition) is 5. The minimum Gasteiger partial charge on any atom is -0.354 e. The first-order valence-electron chi connectivity index (χ1n) is 7.65. The third-order valence-electron chi connectivity index (χ3n) is 3.50. The van der Waals surface area contributed by atoms with E-state index in [2.05, 4.69) is 51.9 Å². The molecule has 1 aliphatic rings. The van der Waals surface area contributed by atoms with E-state index in [1.165, 1.54) is 6.54 Å². The average Bonchev–Trinajstić information content (AvgIpc) is 2.38. The fourth-order valence-electron chi connectivity index (χ4n) is 2.63. The van der Waals surface area contributed by atoms with Crippen LogP contribution in [-0.4, -0.2) is 54.1 Å². The normalized spacial score (nSPS) is 16.8. The lowest BCUT2D eigenvalue weighted by molar-refractivity contribution is 0.231. The largest absolute Gasteiger partial charge is 0.354 e. The number of nitrogens with zero attached hydrogens (tertiary/aromatic N) is 4. The first kappa shape index (κ1) is 15.0. The van der Waals surface area contributed by atoms with Gasteiger partial charge >= 0.3 is 0 Å². The third kappa shape index (κ3) is 4.07. The molecule has 5 heteroatoms. The monoisotopic (exact) mass is 277 g/mol. The first-order chi connectivity index (χ1) is 9.58. The summed E-state index contributed by atoms with van der Waals surface area (Å²) in [6.45, 7) is 15.0. The fourth-order valence-corrected chi connectivity index (χ4v) is 2.63. The summed E-state index contributed by atoms with van der Waals surface area (Å²) in [7, 11) is 0. The van der Waals surface area contributed by atoms with Crippen molar-refractivity contribution in [1.29, 1.82) is 0 Å². The van der Waals surface area contributed by atoms with Gasteiger partial charge in [-0.05, 0) is 19.8 Å². The summed E-state index contributed by atoms with van der Waals surface area (Å²) >= 11 is 0. The summed E-state index contributed by atoms with van der Waals surface area (Å²) in [5, 5.41) is 3.20. The molecule has 0 saturated carbocycles. The maximum Gasteiger partial charge on any atom is 0.224 e. The molecule has 1 fully saturated rings. The molecule has 1 N–H and O–H groups in total. The zero-order valence-corrected chi connectivity index (χ0v) is 13.2. The molecule has 20 heavy (non-hydrogen) atoms. The second-order valence-electron chi connectivity index (χ2n) is 5.90. The molecule has 112 valence electrons. The summed E-state index contributed by atoms with van der Waals surface area (Å²) in [6.07, 6.45) is 0. The lowest BCUT2D eigenvalue weighted by Crippen LogP contribution is -2.47. The standard InChI is InChI=1S/C15H27N5/c1-5-16-15-17-13(4)10-14(18-15)20-8-6-19(7-9-20)11-12(2)3/h10,12H,5-9,11H2,1-4H3,(H,16,17,18). The molecule has 2 rings (SSSR count). The molecule has 0 spiro atoms. The van der Waals surface area contributed by atoms with Crippen LogP contribution in [0, 0.1) is 12.8 Å². The molecule has 0 amide bonds. The molecule has 1 saturated heterocycles. The van der Waals surface area contributed by atoms with Crippen molar-refractivity contribution in [3.63, 3.8) is 0 Å². The van der Waals surface area contributed by atoms with Gasteiger partial charge < -0.3 is 10.2 Å². The van der Waals surface area contributed by atoms with Crippen molar-refractivity contribution in [3.8, 4) is 0 Å². The van der Waals surface area contributed by atoms with Gasteiger partial charge in [-0.1, -0.05) is 13.8 Å². The zero-order valence-electron chi connectivity index (χ0n) is 13.2. The molecule has 0 atom stereocenters. The second kappa shape index (κ2) is 6.88. The van der Waals surface area contributed by atoms with E-state index in [9.17, 15) is 0 Å². The van der Waals surface area contributed by atoms with Crippen molar-refractivity contribution in [2.24, 2.45) is 5.92 Å². The van der Waals surface area contributed by atoms with Gasteiger partial charge in [-0.25, -0.2) is 4.98 Å². The quantitative estimate of drug-likeness (QED) is 0.892. The van der Waals surface area contributed by atoms with E-state index in [1.807, 2.05) is 6.92 Å². The number of rotatable bonds is 5. The number of aryl methyl sites for hydroxylation is 1. The molecule has 0 bridgehead atoms. The van der Waals surface area contributed by atoms with Crippen LogP contribution in [-0.2, 0) is 0 Å². The Kier molecular flexibility index (Phi) is 5.17. The van der Waals surface area contributed by atoms with E-state index in [1.54, 1.807) is 0 Å². The van der Waals surface area contributed by atoms with E-state index >= 15 is 0 Å². The molecule has 0 radical (unpaired) electrons. The van der Waals surface area contributed by atoms with Crippen LogP contribution in [0.1, 0.15) is 26.5 Å². The van der Waals surface area contributed by atoms with Gasteiger partial charge in [-0.2, -0.15) is 4.98 Å². The highest BCUT2D eigenvalue weighted by Gasteiger charge is 2.19. The Labute approximate surface area is 122 Å². The number of piperazine rings is 1. The summed E-state index contributed by atoms with van der Waals surface area (Å²) < 4.78 is 0. The molecule has 1 aliphatic heterocycles. The maximum absolute atomic E-state index is 4.62. The van der Waals surface area contributed by atoms with Crippen LogP contribution >= 0.6 is 0 Å². The molecule has 0 aromatic carbocycles. The van der Waals surface area contributed by atoms with Crippen molar-refractivity contribution in [2.45, 2.75) is 27.7 Å². The Morgan fingerprint density at radius 1 is 1.20 bits per heavy atom. The van der Waals surface area contributed by atoms with Crippen molar-refractivity contribution < 1.29 is 0 Å². The predicted molar refractivity (Wildman–Crippen MR) is 84.4 cm³/mol. The fraction of sp³-hybridized carbons (Fsp3) is 0.733. The Morgan fingerprint density at radius 3 is 2.50 bits per heavy atom. The SMILES string of the molecule is CCNc1nc(C)cc(N2CCN(CC(C)C)CC2)n1. The van der Waals surface area contributed by atoms with Crippen molar-refractivity contribution in [2.75, 3.05) is 49.5 Å². The van der Waals surface area contributed by atoms with Gasteiger partial charge in [0.15, 0.2) is 0 Å². The van der Waals surface area contributed by atoms with E-state index in [0.29, 0.717) is 0 Å². The lowest BCUT2D eigenvalue weighted by Gasteiger charge is -2.36. The van der Waals surface area contributed by atoms with E-state index in [0.717, 1.165) is 56.1 Å². The van der Waals surface area contributed by atoms with Crippen LogP contribution in [0.5, 0.6) is 0 Å². The lowest BCUT2D eigenvalue weighted by atomic mass is 10.2. The topological polar surface area (TPSA) is 44.3 Å². The van der Waals surface area contributed by atoms with Crippen LogP contribution in [0.3, 0.4) is 0 Å². The molecular weight excluding hydrogens is 250 g/mol. The molecule has 1 aromatic rings. The molecule has 0 unspecified atom stereocenters. The van der Waals surface area contributed by atoms with Gasteiger partial charge in [0.1, 0.15) is 5.82 Å². The van der Waals surface area contributed by atoms with Crippen LogP contribution in [0.4, 0.5) is 11.8 Å². The highest BCUT2D eigenvalue weighted by atomic mass is 15.3. The molecule has 0 aliphatic carbocycles. The summed E-state index contributed by atoms with van der Waals surface area (Å²) in [4.78, 5) is 13.9. The Hall–Kier alpha value is -1.36. The van der Waals surface area contributed by atoms with Gasteiger partial charge in [-0.15, -0.1) is 0 Å². The summed E-state index contributed by atoms with van der Waals surface area (Å²) in [5.41, 5.74) is 1.02. The molecule has 2 heterocycles. The van der Waals surface area contributed by atoms with Gasteiger partial charge in [-0.3, -0.25) is 4.90 Å². The number of aromatic nitrogens is 2. The number of nitrogens with one attached hydrogen (secondary N) is 1. The van der Waals surface area contributed by atoms with E-state index in [-0.39, 0.29) is 0 Å². The highest BCUT2D eigenvalue weighted by molar-refractivity contribution is 5.45. The average molecular weight is 277 g/mol. The first-order valence-corrected chi connectivity index (χ1v) is 7.65. The highest BCUT2D eigenvalue weighted by Crippen LogP contribution is 2.17. The van der Waals surface area contributed by atoms with Crippen LogP contribution in [0.15, 0.2) is 6.07 Å². The number of hydrogen-bond donors (Lipinski definition) is 1. The Morgan fingerprint density at radius 2 is 1.90 bits per heavy atom. The van der Waals surface area contributed by atoms with Crippen molar-refractivity contribution >= 4 is 11.8 Å². The summed E-state index contributed by atoms with van der Waals surface area (Å²) in [5.74, 6) is 2.54. The Bertz CT molecular complexity index is 424. The van der Waals surface area contributed by atoms with Gasteiger partial charge in [0.2, 0.25) is 5.95 Å². The predicted octanol–water partition coefficient (Wildman–Crippen LogP) is 1.99. The van der Waals surface area contributed by atoms with Crippen LogP contribution in [0.25, 0.3) is 0 Å². The van der Waals surface area contributed by atoms with Gasteiger partial charge in [0.05, 0.1) is 0 Å². The molecule has 5 nitrogen and oxygen atoms in total. The van der Waals surface area contributed by atoms with Crippen LogP contribution in [0.2, 0.25) is 0 Å². The Balaban J connectivity index is 1.99. The van der Waals surface area contributed by atoms with Crippen LogP contribution < -0.4 is 10.2 Å². The maximum atomic E-state index is 4.62. The zero-order chi connectivity index (χ0) is 14.5. The van der Waals surface area contributed by atoms with Crippen molar-refractivity contribution in [3.05, 3.63) is 11.8 Å². The van der Waals surface area contributed by atoms with Gasteiger partial charge in [0, 0.05) is 51.0 Å². The molecule has 1 aromatic heterocycles. The van der Waals surface area contributed by atoms with Gasteiger partial charge in [0.25, 0.3) is 0 Å². The number of anilines is 2. The second-order valence-corrected chi connectivity index (χ2v) is 5.90. The minimum atomic E-state index is 0.739.